The molecule has 0 aromatic rings. The molecule has 0 heterocycles. The maximum Gasteiger partial charge on any atom is 0.379 e. The molecule has 0 saturated carbocycles. The zero-order valence-electron chi connectivity index (χ0n) is 8.15. The third-order valence-electron chi connectivity index (χ3n) is 1.24. The summed E-state index contributed by atoms with van der Waals surface area (Å²) in [5.41, 5.74) is 0. The summed E-state index contributed by atoms with van der Waals surface area (Å²) >= 11 is 0. The van der Waals surface area contributed by atoms with Crippen LogP contribution < -0.4 is 0 Å². The van der Waals surface area contributed by atoms with Crippen molar-refractivity contribution in [2.24, 2.45) is 0 Å². The summed E-state index contributed by atoms with van der Waals surface area (Å²) in [4.78, 5) is 61.7. The minimum absolute atomic E-state index is 0.293. The van der Waals surface area contributed by atoms with Crippen LogP contribution in [0.4, 0.5) is 0 Å². The van der Waals surface area contributed by atoms with Crippen molar-refractivity contribution in [2.75, 3.05) is 0 Å². The van der Waals surface area contributed by atoms with Crippen LogP contribution in [0.15, 0.2) is 0 Å². The van der Waals surface area contributed by atoms with Crippen LogP contribution in [0.2, 0.25) is 0 Å². The van der Waals surface area contributed by atoms with Crippen LogP contribution in [0.25, 0.3) is 0 Å². The molecule has 0 aliphatic carbocycles. The molecule has 0 radical (unpaired) electrons. The molecule has 0 aromatic heterocycles. The Labute approximate surface area is 93.3 Å². The van der Waals surface area contributed by atoms with Gasteiger partial charge in [0.2, 0.25) is 12.6 Å². The van der Waals surface area contributed by atoms with Gasteiger partial charge in [0.15, 0.2) is 6.10 Å². The summed E-state index contributed by atoms with van der Waals surface area (Å²) in [5.74, 6) is -5.98. The third kappa shape index (κ3) is 5.89. The summed E-state index contributed by atoms with van der Waals surface area (Å²) in [6.07, 6.45) is -3.71. The van der Waals surface area contributed by atoms with Gasteiger partial charge in [0.25, 0.3) is 0 Å². The van der Waals surface area contributed by atoms with Gasteiger partial charge in [-0.05, 0) is 0 Å². The van der Waals surface area contributed by atoms with Crippen LogP contribution >= 0.6 is 0 Å². The van der Waals surface area contributed by atoms with Gasteiger partial charge in [-0.1, -0.05) is 0 Å². The second-order valence-electron chi connectivity index (χ2n) is 2.49. The lowest BCUT2D eigenvalue weighted by atomic mass is 10.2. The summed E-state index contributed by atoms with van der Waals surface area (Å²) in [6, 6.07) is 0. The molecule has 1 N–H and O–H groups in total. The van der Waals surface area contributed by atoms with Crippen molar-refractivity contribution in [3.05, 3.63) is 0 Å². The first kappa shape index (κ1) is 14.6. The van der Waals surface area contributed by atoms with Crippen molar-refractivity contribution < 1.29 is 43.3 Å². The molecule has 0 spiro atoms. The largest absolute Gasteiger partial charge is 0.387 e. The molecule has 1 unspecified atom stereocenters. The van der Waals surface area contributed by atoms with E-state index in [4.69, 9.17) is 5.11 Å². The third-order valence-corrected chi connectivity index (χ3v) is 1.24. The number of aliphatic hydroxyl groups is 1. The predicted molar refractivity (Wildman–Crippen MR) is 44.9 cm³/mol. The smallest absolute Gasteiger partial charge is 0.379 e. The SMILES string of the molecule is O=CC(=O)OC(=O)CC(O)C(=O)OC(=O)C=O. The molecule has 0 rings (SSSR count). The molecule has 0 saturated heterocycles. The quantitative estimate of drug-likeness (QED) is 0.237. The topological polar surface area (TPSA) is 141 Å². The van der Waals surface area contributed by atoms with Crippen LogP contribution in [-0.4, -0.2) is 47.7 Å². The van der Waals surface area contributed by atoms with E-state index in [1.165, 1.54) is 0 Å². The second-order valence-corrected chi connectivity index (χ2v) is 2.49. The average Bonchev–Trinajstić information content (AvgIpc) is 2.28. The fraction of sp³-hybridized carbons (Fsp3) is 0.250. The molecule has 1 atom stereocenters. The molecule has 9 heteroatoms. The van der Waals surface area contributed by atoms with Crippen molar-refractivity contribution in [1.82, 2.24) is 0 Å². The Morgan fingerprint density at radius 1 is 1.00 bits per heavy atom. The summed E-state index contributed by atoms with van der Waals surface area (Å²) in [7, 11) is 0. The zero-order chi connectivity index (χ0) is 13.4. The zero-order valence-corrected chi connectivity index (χ0v) is 8.15. The van der Waals surface area contributed by atoms with Crippen molar-refractivity contribution in [3.8, 4) is 0 Å². The minimum Gasteiger partial charge on any atom is -0.387 e. The van der Waals surface area contributed by atoms with E-state index in [-0.39, 0.29) is 12.6 Å². The van der Waals surface area contributed by atoms with Gasteiger partial charge in [-0.2, -0.15) is 0 Å². The first-order valence-corrected chi connectivity index (χ1v) is 3.99. The summed E-state index contributed by atoms with van der Waals surface area (Å²) in [5, 5.41) is 8.97. The lowest BCUT2D eigenvalue weighted by Crippen LogP contribution is -2.29. The van der Waals surface area contributed by atoms with Gasteiger partial charge in [-0.3, -0.25) is 14.4 Å². The molecule has 0 aliphatic heterocycles. The van der Waals surface area contributed by atoms with Crippen LogP contribution in [-0.2, 0) is 38.2 Å². The highest BCUT2D eigenvalue weighted by Gasteiger charge is 2.24. The van der Waals surface area contributed by atoms with Crippen molar-refractivity contribution in [3.63, 3.8) is 0 Å². The molecule has 9 nitrogen and oxygen atoms in total. The van der Waals surface area contributed by atoms with Gasteiger partial charge in [-0.25, -0.2) is 14.4 Å². The summed E-state index contributed by atoms with van der Waals surface area (Å²) < 4.78 is 7.52. The van der Waals surface area contributed by atoms with Gasteiger partial charge in [0.1, 0.15) is 0 Å². The Morgan fingerprint density at radius 3 is 1.94 bits per heavy atom. The highest BCUT2D eigenvalue weighted by Crippen LogP contribution is 1.98. The van der Waals surface area contributed by atoms with Crippen molar-refractivity contribution in [2.45, 2.75) is 12.5 Å². The fourth-order valence-electron chi connectivity index (χ4n) is 0.610. The number of carbonyl (C=O) groups excluding carboxylic acids is 6. The van der Waals surface area contributed by atoms with E-state index >= 15 is 0 Å². The lowest BCUT2D eigenvalue weighted by Gasteiger charge is -2.06. The molecular weight excluding hydrogens is 240 g/mol. The van der Waals surface area contributed by atoms with Gasteiger partial charge in [0, 0.05) is 0 Å². The Balaban J connectivity index is 4.20. The molecule has 92 valence electrons. The Morgan fingerprint density at radius 2 is 1.47 bits per heavy atom. The van der Waals surface area contributed by atoms with Crippen molar-refractivity contribution >= 4 is 36.4 Å². The number of aldehydes is 2. The number of esters is 4. The van der Waals surface area contributed by atoms with Crippen LogP contribution in [0.1, 0.15) is 6.42 Å². The summed E-state index contributed by atoms with van der Waals surface area (Å²) in [6.45, 7) is 0. The number of rotatable bonds is 5. The number of hydrogen-bond donors (Lipinski definition) is 1. The Hall–Kier alpha value is -2.42. The Bertz CT molecular complexity index is 369. The molecule has 0 amide bonds. The molecule has 0 bridgehead atoms. The first-order chi connectivity index (χ1) is 7.90. The monoisotopic (exact) mass is 246 g/mol. The van der Waals surface area contributed by atoms with Crippen LogP contribution in [0, 0.1) is 0 Å². The molecule has 17 heavy (non-hydrogen) atoms. The minimum atomic E-state index is -2.09. The number of ether oxygens (including phenoxy) is 2. The van der Waals surface area contributed by atoms with Gasteiger partial charge in [-0.15, -0.1) is 0 Å². The molecular formula is C8H6O9. The van der Waals surface area contributed by atoms with Crippen molar-refractivity contribution in [1.29, 1.82) is 0 Å². The first-order valence-electron chi connectivity index (χ1n) is 3.99. The van der Waals surface area contributed by atoms with Gasteiger partial charge in [0.05, 0.1) is 6.42 Å². The van der Waals surface area contributed by atoms with Crippen LogP contribution in [0.5, 0.6) is 0 Å². The number of carbonyl (C=O) groups is 6. The highest BCUT2D eigenvalue weighted by molar-refractivity contribution is 6.23. The maximum atomic E-state index is 10.8. The van der Waals surface area contributed by atoms with E-state index in [2.05, 4.69) is 9.47 Å². The Kier molecular flexibility index (Phi) is 5.96. The second kappa shape index (κ2) is 6.95. The van der Waals surface area contributed by atoms with E-state index < -0.39 is 36.4 Å². The molecule has 0 fully saturated rings. The predicted octanol–water partition coefficient (Wildman–Crippen LogP) is -2.73. The number of aliphatic hydroxyl groups excluding tert-OH is 1. The van der Waals surface area contributed by atoms with E-state index in [1.807, 2.05) is 0 Å². The standard InChI is InChI=1S/C8H6O9/c9-2-6(13)16-5(12)1-4(11)8(15)17-7(14)3-10/h2-4,11H,1H2. The maximum absolute atomic E-state index is 10.8. The average molecular weight is 246 g/mol. The molecule has 0 aromatic carbocycles. The van der Waals surface area contributed by atoms with E-state index in [9.17, 15) is 28.8 Å². The van der Waals surface area contributed by atoms with E-state index in [1.54, 1.807) is 0 Å². The lowest BCUT2D eigenvalue weighted by molar-refractivity contribution is -0.171. The van der Waals surface area contributed by atoms with E-state index in [0.29, 0.717) is 0 Å². The number of hydrogen-bond acceptors (Lipinski definition) is 9. The highest BCUT2D eigenvalue weighted by atomic mass is 16.6. The van der Waals surface area contributed by atoms with Crippen LogP contribution in [0.3, 0.4) is 0 Å². The van der Waals surface area contributed by atoms with E-state index in [0.717, 1.165) is 0 Å². The molecule has 0 aliphatic rings. The normalized spacial score (nSPS) is 10.9. The van der Waals surface area contributed by atoms with Gasteiger partial charge < -0.3 is 14.6 Å². The fourth-order valence-corrected chi connectivity index (χ4v) is 0.610. The van der Waals surface area contributed by atoms with Gasteiger partial charge >= 0.3 is 23.9 Å².